The van der Waals surface area contributed by atoms with Crippen LogP contribution in [0.1, 0.15) is 17.5 Å². The standard InChI is InChI=1S/C14H16N2O3/c1-19-12-3-2-8(4-9(12)6-15)7-16-13(17)10-5-11(10)14(16)18/h2-4,10-11H,5-7,15H2,1H3. The Morgan fingerprint density at radius 1 is 1.32 bits per heavy atom. The van der Waals surface area contributed by atoms with Gasteiger partial charge in [-0.05, 0) is 24.1 Å². The summed E-state index contributed by atoms with van der Waals surface area (Å²) in [4.78, 5) is 25.2. The molecule has 2 atom stereocenters. The number of hydrogen-bond acceptors (Lipinski definition) is 4. The Hall–Kier alpha value is -1.88. The summed E-state index contributed by atoms with van der Waals surface area (Å²) in [5.41, 5.74) is 7.45. The molecule has 2 unspecified atom stereocenters. The molecule has 5 heteroatoms. The molecule has 5 nitrogen and oxygen atoms in total. The van der Waals surface area contributed by atoms with Crippen molar-refractivity contribution in [3.05, 3.63) is 29.3 Å². The first kappa shape index (κ1) is 12.2. The van der Waals surface area contributed by atoms with E-state index in [4.69, 9.17) is 10.5 Å². The molecule has 0 radical (unpaired) electrons. The molecule has 1 aliphatic heterocycles. The SMILES string of the molecule is COc1ccc(CN2C(=O)C3CC3C2=O)cc1CN. The Kier molecular flexibility index (Phi) is 2.78. The van der Waals surface area contributed by atoms with Gasteiger partial charge in [-0.3, -0.25) is 14.5 Å². The Morgan fingerprint density at radius 3 is 2.58 bits per heavy atom. The van der Waals surface area contributed by atoms with Crippen LogP contribution in [0, 0.1) is 11.8 Å². The highest BCUT2D eigenvalue weighted by Gasteiger charge is 2.58. The minimum atomic E-state index is -0.0419. The third-order valence-electron chi connectivity index (χ3n) is 3.86. The van der Waals surface area contributed by atoms with Crippen molar-refractivity contribution in [2.24, 2.45) is 17.6 Å². The average molecular weight is 260 g/mol. The number of nitrogens with zero attached hydrogens (tertiary/aromatic N) is 1. The van der Waals surface area contributed by atoms with E-state index in [1.165, 1.54) is 4.90 Å². The number of piperidine rings is 1. The van der Waals surface area contributed by atoms with Crippen LogP contribution in [0.25, 0.3) is 0 Å². The number of likely N-dealkylation sites (tertiary alicyclic amines) is 1. The molecule has 2 fully saturated rings. The van der Waals surface area contributed by atoms with Crippen molar-refractivity contribution < 1.29 is 14.3 Å². The topological polar surface area (TPSA) is 72.6 Å². The van der Waals surface area contributed by atoms with Crippen molar-refractivity contribution in [2.75, 3.05) is 7.11 Å². The highest BCUT2D eigenvalue weighted by atomic mass is 16.5. The molecule has 0 aromatic heterocycles. The molecule has 1 saturated carbocycles. The van der Waals surface area contributed by atoms with Gasteiger partial charge in [0, 0.05) is 12.1 Å². The Bertz CT molecular complexity index is 536. The summed E-state index contributed by atoms with van der Waals surface area (Å²) < 4.78 is 5.20. The Labute approximate surface area is 111 Å². The number of methoxy groups -OCH3 is 1. The van der Waals surface area contributed by atoms with Gasteiger partial charge in [-0.2, -0.15) is 0 Å². The lowest BCUT2D eigenvalue weighted by molar-refractivity contribution is -0.142. The molecule has 2 aliphatic rings. The first-order valence-electron chi connectivity index (χ1n) is 6.36. The lowest BCUT2D eigenvalue weighted by atomic mass is 10.1. The van der Waals surface area contributed by atoms with Crippen molar-refractivity contribution >= 4 is 11.8 Å². The van der Waals surface area contributed by atoms with E-state index in [0.29, 0.717) is 13.1 Å². The van der Waals surface area contributed by atoms with Crippen molar-refractivity contribution in [3.63, 3.8) is 0 Å². The lowest BCUT2D eigenvalue weighted by Gasteiger charge is -2.17. The van der Waals surface area contributed by atoms with Crippen LogP contribution in [-0.2, 0) is 22.7 Å². The van der Waals surface area contributed by atoms with Gasteiger partial charge in [-0.1, -0.05) is 6.07 Å². The lowest BCUT2D eigenvalue weighted by Crippen LogP contribution is -2.32. The van der Waals surface area contributed by atoms with Crippen LogP contribution in [0.3, 0.4) is 0 Å². The van der Waals surface area contributed by atoms with E-state index >= 15 is 0 Å². The van der Waals surface area contributed by atoms with Gasteiger partial charge in [0.25, 0.3) is 0 Å². The van der Waals surface area contributed by atoms with Crippen LogP contribution in [0.2, 0.25) is 0 Å². The number of fused-ring (bicyclic) bond motifs is 1. The van der Waals surface area contributed by atoms with E-state index in [0.717, 1.165) is 23.3 Å². The number of hydrogen-bond donors (Lipinski definition) is 1. The number of carbonyl (C=O) groups excluding carboxylic acids is 2. The number of ether oxygens (including phenoxy) is 1. The third-order valence-corrected chi connectivity index (χ3v) is 3.86. The third kappa shape index (κ3) is 1.90. The molecular formula is C14H16N2O3. The van der Waals surface area contributed by atoms with Crippen molar-refractivity contribution in [3.8, 4) is 5.75 Å². The highest BCUT2D eigenvalue weighted by molar-refractivity contribution is 6.08. The summed E-state index contributed by atoms with van der Waals surface area (Å²) >= 11 is 0. The van der Waals surface area contributed by atoms with Gasteiger partial charge in [-0.25, -0.2) is 0 Å². The maximum atomic E-state index is 11.9. The molecular weight excluding hydrogens is 244 g/mol. The number of benzene rings is 1. The van der Waals surface area contributed by atoms with E-state index in [2.05, 4.69) is 0 Å². The molecule has 1 saturated heterocycles. The van der Waals surface area contributed by atoms with Gasteiger partial charge < -0.3 is 10.5 Å². The summed E-state index contributed by atoms with van der Waals surface area (Å²) in [5.74, 6) is 0.591. The van der Waals surface area contributed by atoms with Gasteiger partial charge >= 0.3 is 0 Å². The van der Waals surface area contributed by atoms with E-state index in [9.17, 15) is 9.59 Å². The second-order valence-electron chi connectivity index (χ2n) is 5.06. The van der Waals surface area contributed by atoms with Gasteiger partial charge in [0.05, 0.1) is 25.5 Å². The zero-order valence-electron chi connectivity index (χ0n) is 10.8. The van der Waals surface area contributed by atoms with Crippen LogP contribution < -0.4 is 10.5 Å². The van der Waals surface area contributed by atoms with Crippen molar-refractivity contribution in [2.45, 2.75) is 19.5 Å². The van der Waals surface area contributed by atoms with Crippen molar-refractivity contribution in [1.82, 2.24) is 4.90 Å². The number of rotatable bonds is 4. The number of amides is 2. The van der Waals surface area contributed by atoms with E-state index in [-0.39, 0.29) is 23.7 Å². The predicted molar refractivity (Wildman–Crippen MR) is 68.0 cm³/mol. The van der Waals surface area contributed by atoms with Gasteiger partial charge in [0.2, 0.25) is 11.8 Å². The molecule has 0 spiro atoms. The highest BCUT2D eigenvalue weighted by Crippen LogP contribution is 2.47. The fourth-order valence-corrected chi connectivity index (χ4v) is 2.68. The summed E-state index contributed by atoms with van der Waals surface area (Å²) in [5, 5.41) is 0. The smallest absolute Gasteiger partial charge is 0.233 e. The minimum Gasteiger partial charge on any atom is -0.496 e. The first-order valence-corrected chi connectivity index (χ1v) is 6.36. The molecule has 0 bridgehead atoms. The fourth-order valence-electron chi connectivity index (χ4n) is 2.68. The zero-order valence-corrected chi connectivity index (χ0v) is 10.8. The molecule has 100 valence electrons. The number of nitrogens with two attached hydrogens (primary N) is 1. The monoisotopic (exact) mass is 260 g/mol. The van der Waals surface area contributed by atoms with Crippen LogP contribution >= 0.6 is 0 Å². The van der Waals surface area contributed by atoms with E-state index in [1.807, 2.05) is 18.2 Å². The predicted octanol–water partition coefficient (Wildman–Crippen LogP) is 0.659. The molecule has 1 aromatic rings. The summed E-state index contributed by atoms with van der Waals surface area (Å²) in [6, 6.07) is 5.58. The van der Waals surface area contributed by atoms with Gasteiger partial charge in [-0.15, -0.1) is 0 Å². The Balaban J connectivity index is 1.80. The summed E-state index contributed by atoms with van der Waals surface area (Å²) in [6.45, 7) is 0.700. The fraction of sp³-hybridized carbons (Fsp3) is 0.429. The van der Waals surface area contributed by atoms with E-state index < -0.39 is 0 Å². The van der Waals surface area contributed by atoms with Gasteiger partial charge in [0.15, 0.2) is 0 Å². The largest absolute Gasteiger partial charge is 0.496 e. The maximum Gasteiger partial charge on any atom is 0.233 e. The second-order valence-corrected chi connectivity index (χ2v) is 5.06. The minimum absolute atomic E-state index is 0.0277. The number of imide groups is 1. The Morgan fingerprint density at radius 2 is 2.00 bits per heavy atom. The molecule has 3 rings (SSSR count). The molecule has 2 N–H and O–H groups in total. The quantitative estimate of drug-likeness (QED) is 0.807. The molecule has 1 heterocycles. The van der Waals surface area contributed by atoms with Gasteiger partial charge in [0.1, 0.15) is 5.75 Å². The van der Waals surface area contributed by atoms with E-state index in [1.54, 1.807) is 7.11 Å². The number of carbonyl (C=O) groups is 2. The molecule has 19 heavy (non-hydrogen) atoms. The maximum absolute atomic E-state index is 11.9. The normalized spacial score (nSPS) is 24.6. The van der Waals surface area contributed by atoms with Crippen LogP contribution in [0.4, 0.5) is 0 Å². The molecule has 2 amide bonds. The summed E-state index contributed by atoms with van der Waals surface area (Å²) in [6.07, 6.45) is 0.741. The van der Waals surface area contributed by atoms with Crippen LogP contribution in [-0.4, -0.2) is 23.8 Å². The van der Waals surface area contributed by atoms with Crippen LogP contribution in [0.15, 0.2) is 18.2 Å². The van der Waals surface area contributed by atoms with Crippen molar-refractivity contribution in [1.29, 1.82) is 0 Å². The zero-order chi connectivity index (χ0) is 13.6. The first-order chi connectivity index (χ1) is 9.15. The van der Waals surface area contributed by atoms with Crippen LogP contribution in [0.5, 0.6) is 5.75 Å². The molecule has 1 aromatic carbocycles. The average Bonchev–Trinajstić information content (AvgIpc) is 3.19. The second kappa shape index (κ2) is 4.35. The summed E-state index contributed by atoms with van der Waals surface area (Å²) in [7, 11) is 1.59. The molecule has 1 aliphatic carbocycles.